The largest absolute Gasteiger partial charge is 0.345 e. The molecule has 17 heavy (non-hydrogen) atoms. The molecule has 0 unspecified atom stereocenters. The summed E-state index contributed by atoms with van der Waals surface area (Å²) in [5, 5.41) is 4.14. The van der Waals surface area contributed by atoms with Crippen LogP contribution in [-0.2, 0) is 11.2 Å². The fourth-order valence-corrected chi connectivity index (χ4v) is 2.37. The van der Waals surface area contributed by atoms with Gasteiger partial charge in [0.25, 0.3) is 0 Å². The molecule has 3 nitrogen and oxygen atoms in total. The first kappa shape index (κ1) is 14.2. The number of hydrogen-bond donors (Lipinski definition) is 1. The summed E-state index contributed by atoms with van der Waals surface area (Å²) in [6, 6.07) is 2.07. The van der Waals surface area contributed by atoms with Gasteiger partial charge >= 0.3 is 0 Å². The fraction of sp³-hybridized carbons (Fsp3) is 0.615. The predicted octanol–water partition coefficient (Wildman–Crippen LogP) is 2.12. The van der Waals surface area contributed by atoms with Crippen molar-refractivity contribution in [1.29, 1.82) is 0 Å². The molecule has 0 aromatic carbocycles. The molecule has 0 saturated heterocycles. The number of rotatable bonds is 6. The number of carbonyl (C=O) groups is 1. The highest BCUT2D eigenvalue weighted by Gasteiger charge is 2.20. The number of hydrogen-bond acceptors (Lipinski definition) is 3. The molecule has 4 heteroatoms. The number of thiophene rings is 1. The average molecular weight is 254 g/mol. The van der Waals surface area contributed by atoms with Crippen LogP contribution < -0.4 is 5.73 Å². The number of aryl methyl sites for hydroxylation is 1. The molecule has 1 aromatic rings. The Kier molecular flexibility index (Phi) is 5.15. The Balaban J connectivity index is 2.37. The minimum atomic E-state index is -0.00715. The van der Waals surface area contributed by atoms with Crippen LogP contribution in [0, 0.1) is 5.41 Å². The van der Waals surface area contributed by atoms with Crippen molar-refractivity contribution < 1.29 is 4.79 Å². The molecule has 0 aliphatic heterocycles. The van der Waals surface area contributed by atoms with Crippen LogP contribution in [0.3, 0.4) is 0 Å². The topological polar surface area (TPSA) is 46.3 Å². The summed E-state index contributed by atoms with van der Waals surface area (Å²) >= 11 is 1.67. The summed E-state index contributed by atoms with van der Waals surface area (Å²) in [4.78, 5) is 13.7. The molecule has 1 heterocycles. The van der Waals surface area contributed by atoms with Crippen LogP contribution in [-0.4, -0.2) is 30.9 Å². The van der Waals surface area contributed by atoms with E-state index in [2.05, 4.69) is 25.3 Å². The highest BCUT2D eigenvalue weighted by atomic mass is 32.1. The summed E-state index contributed by atoms with van der Waals surface area (Å²) in [5.41, 5.74) is 6.91. The smallest absolute Gasteiger partial charge is 0.222 e. The van der Waals surface area contributed by atoms with Crippen molar-refractivity contribution in [3.8, 4) is 0 Å². The second kappa shape index (κ2) is 6.17. The molecule has 0 spiro atoms. The van der Waals surface area contributed by atoms with Crippen molar-refractivity contribution in [3.63, 3.8) is 0 Å². The van der Waals surface area contributed by atoms with Crippen LogP contribution in [0.1, 0.15) is 25.8 Å². The SMILES string of the molecule is CN(CC(C)(C)CN)C(=O)CCc1ccsc1. The second-order valence-electron chi connectivity index (χ2n) is 5.25. The zero-order chi connectivity index (χ0) is 12.9. The number of carbonyl (C=O) groups excluding carboxylic acids is 1. The molecule has 1 rings (SSSR count). The van der Waals surface area contributed by atoms with Gasteiger partial charge in [-0.05, 0) is 40.8 Å². The highest BCUT2D eigenvalue weighted by molar-refractivity contribution is 7.07. The first-order valence-corrected chi connectivity index (χ1v) is 6.84. The van der Waals surface area contributed by atoms with Crippen molar-refractivity contribution in [2.45, 2.75) is 26.7 Å². The van der Waals surface area contributed by atoms with Gasteiger partial charge in [0.2, 0.25) is 5.91 Å². The molecule has 2 N–H and O–H groups in total. The van der Waals surface area contributed by atoms with E-state index in [1.807, 2.05) is 12.4 Å². The van der Waals surface area contributed by atoms with Crippen LogP contribution >= 0.6 is 11.3 Å². The number of nitrogens with zero attached hydrogens (tertiary/aromatic N) is 1. The number of nitrogens with two attached hydrogens (primary N) is 1. The summed E-state index contributed by atoms with van der Waals surface area (Å²) in [5.74, 6) is 0.192. The molecular formula is C13H22N2OS. The lowest BCUT2D eigenvalue weighted by molar-refractivity contribution is -0.131. The van der Waals surface area contributed by atoms with E-state index in [4.69, 9.17) is 5.73 Å². The Morgan fingerprint density at radius 2 is 2.24 bits per heavy atom. The van der Waals surface area contributed by atoms with Crippen molar-refractivity contribution >= 4 is 17.2 Å². The van der Waals surface area contributed by atoms with E-state index >= 15 is 0 Å². The lowest BCUT2D eigenvalue weighted by Crippen LogP contribution is -2.39. The highest BCUT2D eigenvalue weighted by Crippen LogP contribution is 2.15. The monoisotopic (exact) mass is 254 g/mol. The summed E-state index contributed by atoms with van der Waals surface area (Å²) in [7, 11) is 1.85. The zero-order valence-electron chi connectivity index (χ0n) is 10.9. The Morgan fingerprint density at radius 1 is 1.53 bits per heavy atom. The maximum Gasteiger partial charge on any atom is 0.222 e. The van der Waals surface area contributed by atoms with Gasteiger partial charge in [-0.25, -0.2) is 0 Å². The molecule has 1 aromatic heterocycles. The molecule has 96 valence electrons. The lowest BCUT2D eigenvalue weighted by Gasteiger charge is -2.29. The molecule has 0 atom stereocenters. The molecular weight excluding hydrogens is 232 g/mol. The fourth-order valence-electron chi connectivity index (χ4n) is 1.67. The van der Waals surface area contributed by atoms with E-state index < -0.39 is 0 Å². The molecule has 0 bridgehead atoms. The van der Waals surface area contributed by atoms with E-state index in [1.54, 1.807) is 16.2 Å². The van der Waals surface area contributed by atoms with Gasteiger partial charge in [-0.3, -0.25) is 4.79 Å². The Bertz CT molecular complexity index is 346. The standard InChI is InChI=1S/C13H22N2OS/c1-13(2,9-14)10-15(3)12(16)5-4-11-6-7-17-8-11/h6-8H,4-5,9-10,14H2,1-3H3. The minimum absolute atomic E-state index is 0.00715. The van der Waals surface area contributed by atoms with E-state index in [9.17, 15) is 4.79 Å². The lowest BCUT2D eigenvalue weighted by atomic mass is 9.93. The Labute approximate surface area is 108 Å². The van der Waals surface area contributed by atoms with E-state index in [-0.39, 0.29) is 11.3 Å². The third-order valence-corrected chi connectivity index (χ3v) is 3.58. The van der Waals surface area contributed by atoms with Crippen molar-refractivity contribution in [2.24, 2.45) is 11.1 Å². The Morgan fingerprint density at radius 3 is 2.76 bits per heavy atom. The quantitative estimate of drug-likeness (QED) is 0.845. The van der Waals surface area contributed by atoms with E-state index in [0.29, 0.717) is 19.5 Å². The van der Waals surface area contributed by atoms with E-state index in [0.717, 1.165) is 6.42 Å². The van der Waals surface area contributed by atoms with E-state index in [1.165, 1.54) is 5.56 Å². The van der Waals surface area contributed by atoms with Crippen LogP contribution in [0.4, 0.5) is 0 Å². The van der Waals surface area contributed by atoms with Crippen LogP contribution in [0.15, 0.2) is 16.8 Å². The van der Waals surface area contributed by atoms with Gasteiger partial charge in [0.1, 0.15) is 0 Å². The third kappa shape index (κ3) is 4.88. The van der Waals surface area contributed by atoms with Crippen molar-refractivity contribution in [3.05, 3.63) is 22.4 Å². The third-order valence-electron chi connectivity index (χ3n) is 2.85. The zero-order valence-corrected chi connectivity index (χ0v) is 11.7. The molecule has 0 saturated carbocycles. The Hall–Kier alpha value is -0.870. The summed E-state index contributed by atoms with van der Waals surface area (Å²) in [6.07, 6.45) is 1.41. The van der Waals surface area contributed by atoms with Crippen LogP contribution in [0.5, 0.6) is 0 Å². The van der Waals surface area contributed by atoms with Crippen LogP contribution in [0.25, 0.3) is 0 Å². The van der Waals surface area contributed by atoms with Gasteiger partial charge in [-0.15, -0.1) is 0 Å². The minimum Gasteiger partial charge on any atom is -0.345 e. The molecule has 1 amide bonds. The van der Waals surface area contributed by atoms with Gasteiger partial charge in [-0.2, -0.15) is 11.3 Å². The maximum atomic E-state index is 11.9. The van der Waals surface area contributed by atoms with Crippen molar-refractivity contribution in [1.82, 2.24) is 4.90 Å². The molecule has 0 aliphatic carbocycles. The van der Waals surface area contributed by atoms with Gasteiger partial charge in [-0.1, -0.05) is 13.8 Å². The predicted molar refractivity (Wildman–Crippen MR) is 73.1 cm³/mol. The van der Waals surface area contributed by atoms with Gasteiger partial charge in [0.15, 0.2) is 0 Å². The summed E-state index contributed by atoms with van der Waals surface area (Å²) < 4.78 is 0. The van der Waals surface area contributed by atoms with Gasteiger partial charge in [0.05, 0.1) is 0 Å². The summed E-state index contributed by atoms with van der Waals surface area (Å²) in [6.45, 7) is 5.46. The first-order chi connectivity index (χ1) is 7.94. The molecule has 0 radical (unpaired) electrons. The number of amides is 1. The second-order valence-corrected chi connectivity index (χ2v) is 6.03. The van der Waals surface area contributed by atoms with Crippen LogP contribution in [0.2, 0.25) is 0 Å². The maximum absolute atomic E-state index is 11.9. The van der Waals surface area contributed by atoms with Crippen molar-refractivity contribution in [2.75, 3.05) is 20.1 Å². The molecule has 0 fully saturated rings. The van der Waals surface area contributed by atoms with Gasteiger partial charge < -0.3 is 10.6 Å². The average Bonchev–Trinajstić information content (AvgIpc) is 2.78. The van der Waals surface area contributed by atoms with Gasteiger partial charge in [0, 0.05) is 20.0 Å². The normalized spacial score (nSPS) is 11.5. The first-order valence-electron chi connectivity index (χ1n) is 5.90. The molecule has 0 aliphatic rings.